The third kappa shape index (κ3) is 6.30. The summed E-state index contributed by atoms with van der Waals surface area (Å²) in [5.41, 5.74) is 2.34. The highest BCUT2D eigenvalue weighted by Crippen LogP contribution is 2.40. The van der Waals surface area contributed by atoms with Crippen LogP contribution in [-0.4, -0.2) is 19.2 Å². The van der Waals surface area contributed by atoms with Gasteiger partial charge in [-0.1, -0.05) is 124 Å². The van der Waals surface area contributed by atoms with Crippen LogP contribution in [0, 0.1) is 0 Å². The first-order valence-electron chi connectivity index (χ1n) is 11.7. The molecule has 0 aliphatic heterocycles. The summed E-state index contributed by atoms with van der Waals surface area (Å²) in [5.74, 6) is -0.144. The molecule has 168 valence electrons. The molecule has 3 rings (SSSR count). The van der Waals surface area contributed by atoms with Crippen molar-refractivity contribution < 1.29 is 14.3 Å². The molecule has 0 aromatic heterocycles. The van der Waals surface area contributed by atoms with Gasteiger partial charge < -0.3 is 9.47 Å². The minimum Gasteiger partial charge on any atom is -0.463 e. The molecule has 0 saturated heterocycles. The molecule has 0 unspecified atom stereocenters. The molecule has 0 radical (unpaired) electrons. The SMILES string of the molecule is CCCCCCCC(=O)OCCOC(c1ccccc1)(c1ccccc1)c1ccccc1. The van der Waals surface area contributed by atoms with Crippen LogP contribution in [-0.2, 0) is 19.9 Å². The number of hydrogen-bond acceptors (Lipinski definition) is 3. The molecule has 0 heterocycles. The topological polar surface area (TPSA) is 35.5 Å². The van der Waals surface area contributed by atoms with Crippen LogP contribution in [0.1, 0.15) is 62.1 Å². The van der Waals surface area contributed by atoms with E-state index < -0.39 is 5.60 Å². The highest BCUT2D eigenvalue weighted by Gasteiger charge is 2.37. The van der Waals surface area contributed by atoms with Gasteiger partial charge in [-0.15, -0.1) is 0 Å². The highest BCUT2D eigenvalue weighted by molar-refractivity contribution is 5.69. The zero-order valence-electron chi connectivity index (χ0n) is 19.0. The van der Waals surface area contributed by atoms with Crippen LogP contribution in [0.2, 0.25) is 0 Å². The van der Waals surface area contributed by atoms with Crippen molar-refractivity contribution in [3.05, 3.63) is 108 Å². The van der Waals surface area contributed by atoms with Gasteiger partial charge in [-0.25, -0.2) is 0 Å². The molecular formula is C29H34O3. The molecule has 0 aliphatic carbocycles. The molecule has 3 heteroatoms. The molecule has 0 saturated carbocycles. The summed E-state index contributed by atoms with van der Waals surface area (Å²) >= 11 is 0. The number of rotatable bonds is 13. The number of carbonyl (C=O) groups excluding carboxylic acids is 1. The van der Waals surface area contributed by atoms with Crippen LogP contribution in [0.4, 0.5) is 0 Å². The second kappa shape index (κ2) is 12.8. The Morgan fingerprint density at radius 1 is 0.656 bits per heavy atom. The smallest absolute Gasteiger partial charge is 0.305 e. The van der Waals surface area contributed by atoms with E-state index in [0.717, 1.165) is 29.5 Å². The van der Waals surface area contributed by atoms with Gasteiger partial charge in [-0.3, -0.25) is 4.79 Å². The van der Waals surface area contributed by atoms with Crippen LogP contribution in [0.25, 0.3) is 0 Å². The van der Waals surface area contributed by atoms with Crippen molar-refractivity contribution in [2.45, 2.75) is 51.0 Å². The van der Waals surface area contributed by atoms with E-state index in [1.807, 2.05) is 54.6 Å². The van der Waals surface area contributed by atoms with Gasteiger partial charge in [0.15, 0.2) is 0 Å². The number of benzene rings is 3. The Hall–Kier alpha value is -2.91. The maximum absolute atomic E-state index is 12.1. The highest BCUT2D eigenvalue weighted by atomic mass is 16.6. The minimum atomic E-state index is -0.781. The Labute approximate surface area is 192 Å². The van der Waals surface area contributed by atoms with Gasteiger partial charge in [-0.05, 0) is 23.1 Å². The Balaban J connectivity index is 1.74. The molecule has 3 aromatic rings. The lowest BCUT2D eigenvalue weighted by atomic mass is 9.80. The fraction of sp³-hybridized carbons (Fsp3) is 0.345. The number of ether oxygens (including phenoxy) is 2. The molecule has 3 nitrogen and oxygen atoms in total. The summed E-state index contributed by atoms with van der Waals surface area (Å²) in [7, 11) is 0. The first-order chi connectivity index (χ1) is 15.8. The average Bonchev–Trinajstić information content (AvgIpc) is 2.86. The van der Waals surface area contributed by atoms with E-state index in [0.29, 0.717) is 13.0 Å². The molecule has 0 fully saturated rings. The summed E-state index contributed by atoms with van der Waals surface area (Å²) in [6.45, 7) is 2.73. The number of hydrogen-bond donors (Lipinski definition) is 0. The second-order valence-electron chi connectivity index (χ2n) is 8.01. The molecule has 0 bridgehead atoms. The van der Waals surface area contributed by atoms with Crippen molar-refractivity contribution >= 4 is 5.97 Å². The van der Waals surface area contributed by atoms with Gasteiger partial charge in [-0.2, -0.15) is 0 Å². The third-order valence-corrected chi connectivity index (χ3v) is 5.69. The van der Waals surface area contributed by atoms with Crippen molar-refractivity contribution in [3.63, 3.8) is 0 Å². The maximum atomic E-state index is 12.1. The molecule has 0 amide bonds. The van der Waals surface area contributed by atoms with E-state index >= 15 is 0 Å². The van der Waals surface area contributed by atoms with Crippen LogP contribution in [0.15, 0.2) is 91.0 Å². The number of carbonyl (C=O) groups is 1. The van der Waals surface area contributed by atoms with E-state index in [4.69, 9.17) is 9.47 Å². The summed E-state index contributed by atoms with van der Waals surface area (Å²) in [4.78, 5) is 12.1. The average molecular weight is 431 g/mol. The molecule has 0 aliphatic rings. The number of unbranched alkanes of at least 4 members (excludes halogenated alkanes) is 4. The zero-order valence-corrected chi connectivity index (χ0v) is 19.0. The predicted octanol–water partition coefficient (Wildman–Crippen LogP) is 6.90. The van der Waals surface area contributed by atoms with Crippen molar-refractivity contribution in [3.8, 4) is 0 Å². The van der Waals surface area contributed by atoms with Gasteiger partial charge in [0.1, 0.15) is 12.2 Å². The third-order valence-electron chi connectivity index (χ3n) is 5.69. The van der Waals surface area contributed by atoms with Crippen molar-refractivity contribution in [2.24, 2.45) is 0 Å². The molecule has 0 N–H and O–H groups in total. The normalized spacial score (nSPS) is 11.3. The summed E-state index contributed by atoms with van der Waals surface area (Å²) in [6, 6.07) is 30.7. The molecule has 3 aromatic carbocycles. The van der Waals surface area contributed by atoms with Crippen LogP contribution in [0.5, 0.6) is 0 Å². The van der Waals surface area contributed by atoms with Crippen molar-refractivity contribution in [1.82, 2.24) is 0 Å². The van der Waals surface area contributed by atoms with E-state index in [9.17, 15) is 4.79 Å². The van der Waals surface area contributed by atoms with Crippen molar-refractivity contribution in [1.29, 1.82) is 0 Å². The summed E-state index contributed by atoms with van der Waals surface area (Å²) in [6.07, 6.45) is 6.06. The fourth-order valence-electron chi connectivity index (χ4n) is 4.06. The molecule has 0 atom stereocenters. The van der Waals surface area contributed by atoms with Crippen LogP contribution in [0.3, 0.4) is 0 Å². The molecule has 0 spiro atoms. The van der Waals surface area contributed by atoms with Gasteiger partial charge in [0.2, 0.25) is 0 Å². The van der Waals surface area contributed by atoms with Gasteiger partial charge in [0.05, 0.1) is 6.61 Å². The van der Waals surface area contributed by atoms with Gasteiger partial charge in [0.25, 0.3) is 0 Å². The Morgan fingerprint density at radius 3 is 1.59 bits per heavy atom. The Morgan fingerprint density at radius 2 is 1.12 bits per heavy atom. The Kier molecular flexibility index (Phi) is 9.52. The molecular weight excluding hydrogens is 396 g/mol. The summed E-state index contributed by atoms with van der Waals surface area (Å²) < 4.78 is 12.1. The standard InChI is InChI=1S/C29H34O3/c1-2-3-4-5-15-22-28(30)31-23-24-32-29(25-16-9-6-10-17-25,26-18-11-7-12-19-26)27-20-13-8-14-21-27/h6-14,16-21H,2-5,15,22-24H2,1H3. The fourth-order valence-corrected chi connectivity index (χ4v) is 4.06. The first-order valence-corrected chi connectivity index (χ1v) is 11.7. The lowest BCUT2D eigenvalue weighted by molar-refractivity contribution is -0.146. The van der Waals surface area contributed by atoms with Crippen LogP contribution < -0.4 is 0 Å². The quantitative estimate of drug-likeness (QED) is 0.168. The molecule has 32 heavy (non-hydrogen) atoms. The zero-order chi connectivity index (χ0) is 22.5. The predicted molar refractivity (Wildman–Crippen MR) is 129 cm³/mol. The van der Waals surface area contributed by atoms with E-state index in [-0.39, 0.29) is 12.6 Å². The monoisotopic (exact) mass is 430 g/mol. The largest absolute Gasteiger partial charge is 0.463 e. The lowest BCUT2D eigenvalue weighted by Gasteiger charge is -2.35. The number of esters is 1. The van der Waals surface area contributed by atoms with E-state index in [1.54, 1.807) is 0 Å². The van der Waals surface area contributed by atoms with Gasteiger partial charge >= 0.3 is 5.97 Å². The lowest BCUT2D eigenvalue weighted by Crippen LogP contribution is -2.34. The van der Waals surface area contributed by atoms with Gasteiger partial charge in [0, 0.05) is 6.42 Å². The Bertz CT molecular complexity index is 810. The van der Waals surface area contributed by atoms with Crippen molar-refractivity contribution in [2.75, 3.05) is 13.2 Å². The van der Waals surface area contributed by atoms with E-state index in [1.165, 1.54) is 19.3 Å². The van der Waals surface area contributed by atoms with Crippen LogP contribution >= 0.6 is 0 Å². The van der Waals surface area contributed by atoms with E-state index in [2.05, 4.69) is 43.3 Å². The minimum absolute atomic E-state index is 0.144. The maximum Gasteiger partial charge on any atom is 0.305 e. The first kappa shape index (κ1) is 23.7. The summed E-state index contributed by atoms with van der Waals surface area (Å²) in [5, 5.41) is 0. The second-order valence-corrected chi connectivity index (χ2v) is 8.01.